The normalized spacial score (nSPS) is 26.9. The molecule has 6 atom stereocenters. The Kier molecular flexibility index (Phi) is 8.24. The summed E-state index contributed by atoms with van der Waals surface area (Å²) in [5.74, 6) is -0.557. The van der Waals surface area contributed by atoms with Gasteiger partial charge in [0.25, 0.3) is 21.2 Å². The molecular weight excluding hydrogens is 542 g/mol. The second-order valence-corrected chi connectivity index (χ2v) is 11.0. The molecule has 3 N–H and O–H groups in total. The molecule has 2 aliphatic heterocycles. The summed E-state index contributed by atoms with van der Waals surface area (Å²) in [4.78, 5) is 54.8. The summed E-state index contributed by atoms with van der Waals surface area (Å²) in [7, 11) is -4.23. The van der Waals surface area contributed by atoms with Gasteiger partial charge in [-0.1, -0.05) is 5.11 Å². The quantitative estimate of drug-likeness (QED) is 0.145. The minimum atomic E-state index is -4.23. The van der Waals surface area contributed by atoms with Crippen LogP contribution in [0.3, 0.4) is 0 Å². The Labute approximate surface area is 219 Å². The van der Waals surface area contributed by atoms with E-state index in [1.165, 1.54) is 26.2 Å². The van der Waals surface area contributed by atoms with Gasteiger partial charge >= 0.3 is 11.4 Å². The summed E-state index contributed by atoms with van der Waals surface area (Å²) in [5, 5.41) is 13.4. The molecule has 0 radical (unpaired) electrons. The molecule has 0 saturated carbocycles. The fraction of sp³-hybridized carbons (Fsp3) is 0.619. The van der Waals surface area contributed by atoms with Crippen molar-refractivity contribution in [2.24, 2.45) is 5.11 Å². The van der Waals surface area contributed by atoms with Gasteiger partial charge < -0.3 is 14.6 Å². The maximum absolute atomic E-state index is 12.8. The van der Waals surface area contributed by atoms with E-state index in [1.807, 2.05) is 0 Å². The maximum Gasteiger partial charge on any atom is 0.330 e. The van der Waals surface area contributed by atoms with E-state index in [0.29, 0.717) is 0 Å². The molecule has 0 amide bonds. The molecule has 2 aromatic heterocycles. The second-order valence-electron chi connectivity index (χ2n) is 9.33. The van der Waals surface area contributed by atoms with Crippen molar-refractivity contribution in [2.75, 3.05) is 12.4 Å². The number of H-pyrrole nitrogens is 2. The molecule has 18 heteroatoms. The molecular formula is C21H27N7O10S. The molecule has 2 fully saturated rings. The first kappa shape index (κ1) is 28.5. The predicted molar refractivity (Wildman–Crippen MR) is 132 cm³/mol. The van der Waals surface area contributed by atoms with Crippen molar-refractivity contribution < 1.29 is 27.2 Å². The molecule has 0 aliphatic carbocycles. The van der Waals surface area contributed by atoms with E-state index in [2.05, 4.69) is 20.0 Å². The Balaban J connectivity index is 1.44. The zero-order valence-electron chi connectivity index (χ0n) is 20.9. The van der Waals surface area contributed by atoms with Crippen LogP contribution in [0.5, 0.6) is 0 Å². The van der Waals surface area contributed by atoms with Gasteiger partial charge in [-0.3, -0.25) is 32.9 Å². The number of aliphatic hydroxyl groups is 1. The van der Waals surface area contributed by atoms with Gasteiger partial charge in [-0.2, -0.15) is 8.42 Å². The van der Waals surface area contributed by atoms with Crippen LogP contribution in [0, 0.1) is 13.8 Å². The Bertz CT molecular complexity index is 1620. The lowest BCUT2D eigenvalue weighted by Crippen LogP contribution is -2.33. The van der Waals surface area contributed by atoms with Crippen LogP contribution in [0.1, 0.15) is 42.8 Å². The minimum Gasteiger partial charge on any atom is -0.394 e. The molecule has 2 saturated heterocycles. The number of rotatable bonds is 9. The topological polar surface area (TPSA) is 241 Å². The fourth-order valence-electron chi connectivity index (χ4n) is 4.57. The van der Waals surface area contributed by atoms with E-state index in [-0.39, 0.29) is 30.4 Å². The van der Waals surface area contributed by atoms with E-state index in [9.17, 15) is 32.7 Å². The third kappa shape index (κ3) is 6.21. The number of nitrogens with zero attached hydrogens (tertiary/aromatic N) is 5. The first-order chi connectivity index (χ1) is 18.4. The van der Waals surface area contributed by atoms with Crippen molar-refractivity contribution in [3.05, 3.63) is 75.6 Å². The van der Waals surface area contributed by atoms with Crippen molar-refractivity contribution >= 4 is 10.1 Å². The largest absolute Gasteiger partial charge is 0.394 e. The Morgan fingerprint density at radius 3 is 2.10 bits per heavy atom. The number of hydrogen-bond donors (Lipinski definition) is 3. The molecule has 4 heterocycles. The van der Waals surface area contributed by atoms with E-state index >= 15 is 0 Å². The van der Waals surface area contributed by atoms with Crippen LogP contribution >= 0.6 is 0 Å². The molecule has 17 nitrogen and oxygen atoms in total. The Morgan fingerprint density at radius 2 is 1.56 bits per heavy atom. The summed E-state index contributed by atoms with van der Waals surface area (Å²) in [6.07, 6.45) is -2.58. The van der Waals surface area contributed by atoms with Crippen LogP contribution in [-0.2, 0) is 23.8 Å². The van der Waals surface area contributed by atoms with Gasteiger partial charge in [-0.15, -0.1) is 0 Å². The number of aryl methyl sites for hydroxylation is 2. The average molecular weight is 570 g/mol. The number of ether oxygens (including phenoxy) is 2. The molecule has 39 heavy (non-hydrogen) atoms. The summed E-state index contributed by atoms with van der Waals surface area (Å²) < 4.78 is 44.7. The first-order valence-corrected chi connectivity index (χ1v) is 13.5. The third-order valence-electron chi connectivity index (χ3n) is 6.60. The number of hydrogen-bond acceptors (Lipinski definition) is 11. The molecule has 2 aliphatic rings. The predicted octanol–water partition coefficient (Wildman–Crippen LogP) is -0.945. The van der Waals surface area contributed by atoms with Crippen molar-refractivity contribution in [1.29, 1.82) is 0 Å². The van der Waals surface area contributed by atoms with Crippen LogP contribution in [0.2, 0.25) is 0 Å². The Hall–Kier alpha value is -3.54. The molecule has 2 aromatic rings. The summed E-state index contributed by atoms with van der Waals surface area (Å²) in [6, 6.07) is -0.797. The lowest BCUT2D eigenvalue weighted by molar-refractivity contribution is -0.0416. The van der Waals surface area contributed by atoms with Crippen LogP contribution in [0.25, 0.3) is 10.4 Å². The lowest BCUT2D eigenvalue weighted by Gasteiger charge is -2.19. The van der Waals surface area contributed by atoms with E-state index in [1.54, 1.807) is 0 Å². The minimum absolute atomic E-state index is 0.0685. The van der Waals surface area contributed by atoms with Crippen LogP contribution in [0.15, 0.2) is 36.7 Å². The van der Waals surface area contributed by atoms with Crippen molar-refractivity contribution in [2.45, 2.75) is 69.9 Å². The number of aromatic nitrogens is 4. The molecule has 0 spiro atoms. The van der Waals surface area contributed by atoms with Crippen molar-refractivity contribution in [1.82, 2.24) is 19.1 Å². The highest BCUT2D eigenvalue weighted by Crippen LogP contribution is 2.34. The highest BCUT2D eigenvalue weighted by molar-refractivity contribution is 7.86. The molecule has 4 rings (SSSR count). The van der Waals surface area contributed by atoms with Gasteiger partial charge in [0.1, 0.15) is 24.7 Å². The highest BCUT2D eigenvalue weighted by Gasteiger charge is 2.41. The standard InChI is InChI=1S/C21H27N7O10S/c1-10-7-27(20(32)23-18(10)30)16-5-12(25-26-22)13(36-16)3-4-39(34,35)38-14-6-17(37-15(14)9-29)28-8-11(2)19(31)24-21(28)33/h7-8,12-17,29H,3-6,9H2,1-2H3,(H,23,30,32)(H,24,31,33)/t12-,13+,14-,15+,16+,17+/m0/s1. The molecule has 212 valence electrons. The van der Waals surface area contributed by atoms with E-state index in [4.69, 9.17) is 19.2 Å². The number of aliphatic hydroxyl groups excluding tert-OH is 1. The third-order valence-corrected chi connectivity index (χ3v) is 7.88. The number of aromatic amines is 2. The van der Waals surface area contributed by atoms with Gasteiger partial charge in [-0.25, -0.2) is 9.59 Å². The van der Waals surface area contributed by atoms with Gasteiger partial charge in [0.15, 0.2) is 0 Å². The maximum atomic E-state index is 12.8. The lowest BCUT2D eigenvalue weighted by atomic mass is 10.1. The molecule has 0 bridgehead atoms. The van der Waals surface area contributed by atoms with E-state index in [0.717, 1.165) is 9.13 Å². The average Bonchev–Trinajstić information content (AvgIpc) is 3.46. The summed E-state index contributed by atoms with van der Waals surface area (Å²) in [6.45, 7) is 2.40. The van der Waals surface area contributed by atoms with Crippen LogP contribution in [0.4, 0.5) is 0 Å². The smallest absolute Gasteiger partial charge is 0.330 e. The summed E-state index contributed by atoms with van der Waals surface area (Å²) in [5.41, 5.74) is 6.82. The molecule has 0 unspecified atom stereocenters. The van der Waals surface area contributed by atoms with Crippen molar-refractivity contribution in [3.63, 3.8) is 0 Å². The zero-order chi connectivity index (χ0) is 28.5. The number of azide groups is 1. The van der Waals surface area contributed by atoms with Gasteiger partial charge in [-0.05, 0) is 25.8 Å². The van der Waals surface area contributed by atoms with Gasteiger partial charge in [0, 0.05) is 41.3 Å². The van der Waals surface area contributed by atoms with Gasteiger partial charge in [0.05, 0.1) is 24.5 Å². The van der Waals surface area contributed by atoms with Crippen LogP contribution < -0.4 is 22.5 Å². The van der Waals surface area contributed by atoms with Gasteiger partial charge in [0.2, 0.25) is 0 Å². The van der Waals surface area contributed by atoms with E-state index < -0.39 is 81.8 Å². The monoisotopic (exact) mass is 569 g/mol. The zero-order valence-corrected chi connectivity index (χ0v) is 21.7. The first-order valence-electron chi connectivity index (χ1n) is 11.9. The SMILES string of the molecule is Cc1cn([C@H]2C[C@H](N=[N+]=[N-])[C@@H](CCS(=O)(=O)O[C@H]3C[C@H](n4cc(C)c(=O)[nH]c4=O)O[C@@H]3CO)O2)c(=O)[nH]c1=O. The second kappa shape index (κ2) is 11.3. The highest BCUT2D eigenvalue weighted by atomic mass is 32.2. The van der Waals surface area contributed by atoms with Crippen molar-refractivity contribution in [3.8, 4) is 0 Å². The van der Waals surface area contributed by atoms with Crippen LogP contribution in [-0.4, -0.2) is 69.3 Å². The molecule has 0 aromatic carbocycles. The Morgan fingerprint density at radius 1 is 1.03 bits per heavy atom. The fourth-order valence-corrected chi connectivity index (χ4v) is 5.76. The summed E-state index contributed by atoms with van der Waals surface area (Å²) >= 11 is 0. The number of nitrogens with one attached hydrogen (secondary N) is 2.